The van der Waals surface area contributed by atoms with Gasteiger partial charge in [0.05, 0.1) is 7.11 Å². The van der Waals surface area contributed by atoms with Crippen LogP contribution in [0.25, 0.3) is 0 Å². The number of hydrogen-bond donors (Lipinski definition) is 1. The molecule has 3 nitrogen and oxygen atoms in total. The zero-order chi connectivity index (χ0) is 14.4. The standard InChI is InChI=1S/C16H24BrNO2/c1-3-8-18-16(12-6-9-20-10-7-12)14-11-13(19-2)4-5-15(14)17/h4-5,11-12,16,18H,3,6-10H2,1-2H3. The van der Waals surface area contributed by atoms with Crippen LogP contribution in [0, 0.1) is 5.92 Å². The minimum Gasteiger partial charge on any atom is -0.497 e. The highest BCUT2D eigenvalue weighted by Gasteiger charge is 2.26. The van der Waals surface area contributed by atoms with E-state index >= 15 is 0 Å². The largest absolute Gasteiger partial charge is 0.497 e. The van der Waals surface area contributed by atoms with Crippen LogP contribution in [0.1, 0.15) is 37.8 Å². The molecule has 1 heterocycles. The lowest BCUT2D eigenvalue weighted by Gasteiger charge is -2.32. The highest BCUT2D eigenvalue weighted by Crippen LogP contribution is 2.35. The Balaban J connectivity index is 2.24. The Labute approximate surface area is 130 Å². The van der Waals surface area contributed by atoms with Crippen LogP contribution in [-0.2, 0) is 4.74 Å². The van der Waals surface area contributed by atoms with Crippen molar-refractivity contribution >= 4 is 15.9 Å². The van der Waals surface area contributed by atoms with Gasteiger partial charge in [-0.15, -0.1) is 0 Å². The molecule has 0 aliphatic carbocycles. The molecule has 0 radical (unpaired) electrons. The zero-order valence-corrected chi connectivity index (χ0v) is 13.9. The molecule has 1 aliphatic rings. The third kappa shape index (κ3) is 3.96. The summed E-state index contributed by atoms with van der Waals surface area (Å²) >= 11 is 3.69. The van der Waals surface area contributed by atoms with Crippen molar-refractivity contribution < 1.29 is 9.47 Å². The molecule has 1 aromatic carbocycles. The average molecular weight is 342 g/mol. The Kier molecular flexibility index (Phi) is 6.33. The maximum absolute atomic E-state index is 5.50. The lowest BCUT2D eigenvalue weighted by molar-refractivity contribution is 0.0535. The van der Waals surface area contributed by atoms with Gasteiger partial charge in [-0.3, -0.25) is 0 Å². The monoisotopic (exact) mass is 341 g/mol. The van der Waals surface area contributed by atoms with E-state index in [0.29, 0.717) is 12.0 Å². The molecule has 0 saturated carbocycles. The van der Waals surface area contributed by atoms with Crippen molar-refractivity contribution in [1.29, 1.82) is 0 Å². The number of benzene rings is 1. The predicted molar refractivity (Wildman–Crippen MR) is 85.3 cm³/mol. The fourth-order valence-electron chi connectivity index (χ4n) is 2.77. The molecular formula is C16H24BrNO2. The topological polar surface area (TPSA) is 30.5 Å². The van der Waals surface area contributed by atoms with Crippen molar-refractivity contribution in [2.45, 2.75) is 32.2 Å². The third-order valence-corrected chi connectivity index (χ3v) is 4.61. The minimum absolute atomic E-state index is 0.364. The molecule has 0 aromatic heterocycles. The fraction of sp³-hybridized carbons (Fsp3) is 0.625. The maximum Gasteiger partial charge on any atom is 0.119 e. The van der Waals surface area contributed by atoms with Crippen molar-refractivity contribution in [2.75, 3.05) is 26.9 Å². The Morgan fingerprint density at radius 3 is 2.80 bits per heavy atom. The van der Waals surface area contributed by atoms with Gasteiger partial charge < -0.3 is 14.8 Å². The van der Waals surface area contributed by atoms with Gasteiger partial charge >= 0.3 is 0 Å². The van der Waals surface area contributed by atoms with E-state index in [1.807, 2.05) is 6.07 Å². The first-order valence-corrected chi connectivity index (χ1v) is 8.20. The molecule has 1 unspecified atom stereocenters. The zero-order valence-electron chi connectivity index (χ0n) is 12.3. The molecule has 1 N–H and O–H groups in total. The van der Waals surface area contributed by atoms with E-state index in [4.69, 9.17) is 9.47 Å². The van der Waals surface area contributed by atoms with Crippen LogP contribution < -0.4 is 10.1 Å². The summed E-state index contributed by atoms with van der Waals surface area (Å²) in [5, 5.41) is 3.71. The summed E-state index contributed by atoms with van der Waals surface area (Å²) in [5.41, 5.74) is 1.30. The van der Waals surface area contributed by atoms with E-state index in [2.05, 4.69) is 40.3 Å². The Hall–Kier alpha value is -0.580. The van der Waals surface area contributed by atoms with Gasteiger partial charge in [-0.25, -0.2) is 0 Å². The summed E-state index contributed by atoms with van der Waals surface area (Å²) in [7, 11) is 1.72. The van der Waals surface area contributed by atoms with E-state index in [1.165, 1.54) is 5.56 Å². The van der Waals surface area contributed by atoms with Gasteiger partial charge in [0.1, 0.15) is 5.75 Å². The number of hydrogen-bond acceptors (Lipinski definition) is 3. The fourth-order valence-corrected chi connectivity index (χ4v) is 3.26. The molecule has 2 rings (SSSR count). The number of rotatable bonds is 6. The molecule has 1 atom stereocenters. The predicted octanol–water partition coefficient (Wildman–Crippen LogP) is 3.93. The van der Waals surface area contributed by atoms with Gasteiger partial charge in [0.15, 0.2) is 0 Å². The van der Waals surface area contributed by atoms with Crippen LogP contribution in [0.15, 0.2) is 22.7 Å². The van der Waals surface area contributed by atoms with Crippen LogP contribution in [0.5, 0.6) is 5.75 Å². The lowest BCUT2D eigenvalue weighted by atomic mass is 9.87. The second kappa shape index (κ2) is 8.01. The van der Waals surface area contributed by atoms with Gasteiger partial charge in [0.25, 0.3) is 0 Å². The molecule has 112 valence electrons. The van der Waals surface area contributed by atoms with Crippen molar-refractivity contribution in [3.8, 4) is 5.75 Å². The highest BCUT2D eigenvalue weighted by atomic mass is 79.9. The number of ether oxygens (including phenoxy) is 2. The third-order valence-electron chi connectivity index (χ3n) is 3.89. The SMILES string of the molecule is CCCNC(c1cc(OC)ccc1Br)C1CCOCC1. The molecule has 1 aliphatic heterocycles. The molecule has 0 spiro atoms. The van der Waals surface area contributed by atoms with Crippen LogP contribution >= 0.6 is 15.9 Å². The summed E-state index contributed by atoms with van der Waals surface area (Å²) in [6, 6.07) is 6.58. The van der Waals surface area contributed by atoms with Gasteiger partial charge in [-0.1, -0.05) is 22.9 Å². The molecule has 1 fully saturated rings. The van der Waals surface area contributed by atoms with Gasteiger partial charge in [-0.05, 0) is 55.5 Å². The van der Waals surface area contributed by atoms with Crippen LogP contribution in [0.3, 0.4) is 0 Å². The summed E-state index contributed by atoms with van der Waals surface area (Å²) in [6.45, 7) is 4.98. The molecule has 0 amide bonds. The average Bonchev–Trinajstić information content (AvgIpc) is 2.50. The first-order chi connectivity index (χ1) is 9.76. The van der Waals surface area contributed by atoms with E-state index in [0.717, 1.165) is 49.2 Å². The van der Waals surface area contributed by atoms with Crippen molar-refractivity contribution in [1.82, 2.24) is 5.32 Å². The molecular weight excluding hydrogens is 318 g/mol. The maximum atomic E-state index is 5.50. The summed E-state index contributed by atoms with van der Waals surface area (Å²) in [4.78, 5) is 0. The Morgan fingerprint density at radius 2 is 2.15 bits per heavy atom. The van der Waals surface area contributed by atoms with Crippen molar-refractivity contribution in [3.05, 3.63) is 28.2 Å². The van der Waals surface area contributed by atoms with E-state index in [9.17, 15) is 0 Å². The van der Waals surface area contributed by atoms with Crippen LogP contribution in [-0.4, -0.2) is 26.9 Å². The van der Waals surface area contributed by atoms with E-state index < -0.39 is 0 Å². The second-order valence-corrected chi connectivity index (χ2v) is 6.12. The first kappa shape index (κ1) is 15.8. The molecule has 4 heteroatoms. The number of nitrogens with one attached hydrogen (secondary N) is 1. The van der Waals surface area contributed by atoms with Gasteiger partial charge in [0.2, 0.25) is 0 Å². The van der Waals surface area contributed by atoms with Crippen molar-refractivity contribution in [3.63, 3.8) is 0 Å². The summed E-state index contributed by atoms with van der Waals surface area (Å²) < 4.78 is 12.0. The minimum atomic E-state index is 0.364. The number of methoxy groups -OCH3 is 1. The number of halogens is 1. The van der Waals surface area contributed by atoms with Gasteiger partial charge in [0, 0.05) is 23.7 Å². The quantitative estimate of drug-likeness (QED) is 0.850. The molecule has 0 bridgehead atoms. The van der Waals surface area contributed by atoms with Gasteiger partial charge in [-0.2, -0.15) is 0 Å². The Bertz CT molecular complexity index is 419. The molecule has 20 heavy (non-hydrogen) atoms. The summed E-state index contributed by atoms with van der Waals surface area (Å²) in [5.74, 6) is 1.54. The smallest absolute Gasteiger partial charge is 0.119 e. The van der Waals surface area contributed by atoms with Crippen LogP contribution in [0.4, 0.5) is 0 Å². The van der Waals surface area contributed by atoms with Crippen molar-refractivity contribution in [2.24, 2.45) is 5.92 Å². The lowest BCUT2D eigenvalue weighted by Crippen LogP contribution is -2.32. The van der Waals surface area contributed by atoms with E-state index in [1.54, 1.807) is 7.11 Å². The Morgan fingerprint density at radius 1 is 1.40 bits per heavy atom. The normalized spacial score (nSPS) is 17.9. The summed E-state index contributed by atoms with van der Waals surface area (Å²) in [6.07, 6.45) is 3.37. The second-order valence-electron chi connectivity index (χ2n) is 5.27. The highest BCUT2D eigenvalue weighted by molar-refractivity contribution is 9.10. The van der Waals surface area contributed by atoms with E-state index in [-0.39, 0.29) is 0 Å². The molecule has 1 aromatic rings. The first-order valence-electron chi connectivity index (χ1n) is 7.40. The van der Waals surface area contributed by atoms with Crippen LogP contribution in [0.2, 0.25) is 0 Å². The molecule has 1 saturated heterocycles.